The first-order valence-corrected chi connectivity index (χ1v) is 4.54. The third kappa shape index (κ3) is 1.56. The van der Waals surface area contributed by atoms with Gasteiger partial charge in [-0.3, -0.25) is 0 Å². The lowest BCUT2D eigenvalue weighted by molar-refractivity contribution is 0.543. The predicted octanol–water partition coefficient (Wildman–Crippen LogP) is 1.63. The third-order valence-corrected chi connectivity index (χ3v) is 2.13. The Hall–Kier alpha value is -1.93. The fourth-order valence-corrected chi connectivity index (χ4v) is 1.41. The van der Waals surface area contributed by atoms with Crippen LogP contribution in [0.4, 0.5) is 0 Å². The van der Waals surface area contributed by atoms with Gasteiger partial charge in [-0.25, -0.2) is 4.79 Å². The number of aromatic nitrogens is 1. The van der Waals surface area contributed by atoms with E-state index in [1.54, 1.807) is 24.3 Å². The molecule has 1 aromatic carbocycles. The van der Waals surface area contributed by atoms with Gasteiger partial charge >= 0.3 is 4.94 Å². The molecule has 4 nitrogen and oxygen atoms in total. The summed E-state index contributed by atoms with van der Waals surface area (Å²) in [6, 6.07) is 8.68. The van der Waals surface area contributed by atoms with Gasteiger partial charge < -0.3 is 4.42 Å². The Morgan fingerprint density at radius 3 is 2.57 bits per heavy atom. The molecule has 0 fully saturated rings. The third-order valence-electron chi connectivity index (χ3n) is 1.64. The normalized spacial score (nSPS) is 9.64. The summed E-state index contributed by atoms with van der Waals surface area (Å²) in [4.78, 5) is 10.3. The zero-order valence-corrected chi connectivity index (χ0v) is 7.75. The molecule has 0 saturated heterocycles. The Morgan fingerprint density at radius 2 is 2.07 bits per heavy atom. The number of hydrogen-bond acceptors (Lipinski definition) is 5. The highest BCUT2D eigenvalue weighted by atomic mass is 32.1. The molecule has 0 radical (unpaired) electrons. The zero-order valence-electron chi connectivity index (χ0n) is 6.93. The van der Waals surface area contributed by atoms with E-state index in [0.29, 0.717) is 17.0 Å². The maximum absolute atomic E-state index is 10.7. The molecule has 0 aliphatic heterocycles. The first-order chi connectivity index (χ1) is 6.79. The van der Waals surface area contributed by atoms with E-state index in [1.165, 1.54) is 0 Å². The van der Waals surface area contributed by atoms with E-state index < -0.39 is 4.94 Å². The molecule has 1 heterocycles. The van der Waals surface area contributed by atoms with Crippen molar-refractivity contribution >= 4 is 11.5 Å². The van der Waals surface area contributed by atoms with Gasteiger partial charge in [-0.15, -0.1) is 4.37 Å². The van der Waals surface area contributed by atoms with Crippen LogP contribution in [0.25, 0.3) is 11.5 Å². The van der Waals surface area contributed by atoms with Crippen molar-refractivity contribution < 1.29 is 4.42 Å². The van der Waals surface area contributed by atoms with Crippen LogP contribution in [-0.2, 0) is 0 Å². The molecule has 1 aromatic heterocycles. The molecular formula is C9H4N2O2S. The second-order valence-electron chi connectivity index (χ2n) is 2.53. The average molecular weight is 204 g/mol. The quantitative estimate of drug-likeness (QED) is 0.708. The van der Waals surface area contributed by atoms with Gasteiger partial charge in [0, 0.05) is 5.56 Å². The summed E-state index contributed by atoms with van der Waals surface area (Å²) >= 11 is 0.772. The molecule has 14 heavy (non-hydrogen) atoms. The summed E-state index contributed by atoms with van der Waals surface area (Å²) in [5, 5.41) is 8.57. The molecule has 0 aliphatic carbocycles. The van der Waals surface area contributed by atoms with E-state index in [-0.39, 0.29) is 0 Å². The first-order valence-electron chi connectivity index (χ1n) is 3.77. The van der Waals surface area contributed by atoms with Gasteiger partial charge in [0.15, 0.2) is 0 Å². The molecular weight excluding hydrogens is 200 g/mol. The van der Waals surface area contributed by atoms with Gasteiger partial charge in [-0.1, -0.05) is 0 Å². The standard InChI is InChI=1S/C9H4N2O2S/c10-5-6-1-3-7(4-2-6)8-11-14-9(12)13-8/h1-4H. The van der Waals surface area contributed by atoms with Crippen molar-refractivity contribution in [3.8, 4) is 17.5 Å². The van der Waals surface area contributed by atoms with Crippen molar-refractivity contribution in [3.05, 3.63) is 39.6 Å². The molecule has 0 unspecified atom stereocenters. The number of rotatable bonds is 1. The van der Waals surface area contributed by atoms with E-state index in [2.05, 4.69) is 4.37 Å². The van der Waals surface area contributed by atoms with E-state index >= 15 is 0 Å². The van der Waals surface area contributed by atoms with Crippen molar-refractivity contribution in [2.45, 2.75) is 0 Å². The van der Waals surface area contributed by atoms with Crippen LogP contribution in [0.3, 0.4) is 0 Å². The highest BCUT2D eigenvalue weighted by Gasteiger charge is 2.04. The van der Waals surface area contributed by atoms with Crippen LogP contribution in [0.15, 0.2) is 33.5 Å². The van der Waals surface area contributed by atoms with Gasteiger partial charge in [0.1, 0.15) is 0 Å². The number of hydrogen-bond donors (Lipinski definition) is 0. The molecule has 0 bridgehead atoms. The average Bonchev–Trinajstić information content (AvgIpc) is 2.65. The van der Waals surface area contributed by atoms with Crippen molar-refractivity contribution in [2.75, 3.05) is 0 Å². The van der Waals surface area contributed by atoms with Gasteiger partial charge in [-0.2, -0.15) is 5.26 Å². The summed E-state index contributed by atoms with van der Waals surface area (Å²) in [5.41, 5.74) is 1.26. The second-order valence-corrected chi connectivity index (χ2v) is 3.23. The van der Waals surface area contributed by atoms with Gasteiger partial charge in [0.05, 0.1) is 23.2 Å². The molecule has 0 aliphatic rings. The molecule has 68 valence electrons. The summed E-state index contributed by atoms with van der Waals surface area (Å²) in [5.74, 6) is 0.296. The molecule has 0 atom stereocenters. The van der Waals surface area contributed by atoms with Gasteiger partial charge in [0.25, 0.3) is 0 Å². The minimum Gasteiger partial charge on any atom is -0.394 e. The van der Waals surface area contributed by atoms with Gasteiger partial charge in [0.2, 0.25) is 5.89 Å². The lowest BCUT2D eigenvalue weighted by Gasteiger charge is -1.92. The highest BCUT2D eigenvalue weighted by molar-refractivity contribution is 7.02. The van der Waals surface area contributed by atoms with E-state index in [1.807, 2.05) is 6.07 Å². The minimum atomic E-state index is -0.427. The van der Waals surface area contributed by atoms with Crippen LogP contribution < -0.4 is 4.94 Å². The Morgan fingerprint density at radius 1 is 1.36 bits per heavy atom. The monoisotopic (exact) mass is 204 g/mol. The van der Waals surface area contributed by atoms with Crippen molar-refractivity contribution in [3.63, 3.8) is 0 Å². The largest absolute Gasteiger partial charge is 0.414 e. The van der Waals surface area contributed by atoms with E-state index in [0.717, 1.165) is 11.5 Å². The fourth-order valence-electron chi connectivity index (χ4n) is 0.994. The fraction of sp³-hybridized carbons (Fsp3) is 0. The summed E-state index contributed by atoms with van der Waals surface area (Å²) in [7, 11) is 0. The predicted molar refractivity (Wildman–Crippen MR) is 50.8 cm³/mol. The highest BCUT2D eigenvalue weighted by Crippen LogP contribution is 2.16. The Kier molecular flexibility index (Phi) is 2.13. The Balaban J connectivity index is 2.44. The van der Waals surface area contributed by atoms with E-state index in [4.69, 9.17) is 9.68 Å². The maximum atomic E-state index is 10.7. The van der Waals surface area contributed by atoms with Crippen molar-refractivity contribution in [1.82, 2.24) is 4.37 Å². The van der Waals surface area contributed by atoms with Crippen molar-refractivity contribution in [1.29, 1.82) is 5.26 Å². The van der Waals surface area contributed by atoms with Crippen LogP contribution in [0, 0.1) is 11.3 Å². The molecule has 0 spiro atoms. The number of nitriles is 1. The Bertz CT molecular complexity index is 533. The summed E-state index contributed by atoms with van der Waals surface area (Å²) < 4.78 is 8.63. The molecule has 0 amide bonds. The zero-order chi connectivity index (χ0) is 9.97. The number of benzene rings is 1. The molecule has 2 rings (SSSR count). The second kappa shape index (κ2) is 3.44. The topological polar surface area (TPSA) is 66.9 Å². The van der Waals surface area contributed by atoms with Crippen LogP contribution in [0.1, 0.15) is 5.56 Å². The molecule has 0 saturated carbocycles. The lowest BCUT2D eigenvalue weighted by Crippen LogP contribution is -1.82. The van der Waals surface area contributed by atoms with Crippen LogP contribution >= 0.6 is 11.5 Å². The van der Waals surface area contributed by atoms with Crippen LogP contribution in [0.2, 0.25) is 0 Å². The smallest absolute Gasteiger partial charge is 0.394 e. The minimum absolute atomic E-state index is 0.296. The maximum Gasteiger partial charge on any atom is 0.414 e. The molecule has 5 heteroatoms. The van der Waals surface area contributed by atoms with Gasteiger partial charge in [-0.05, 0) is 24.3 Å². The van der Waals surface area contributed by atoms with Crippen LogP contribution in [0.5, 0.6) is 0 Å². The lowest BCUT2D eigenvalue weighted by atomic mass is 10.1. The molecule has 2 aromatic rings. The number of nitrogens with zero attached hydrogens (tertiary/aromatic N) is 2. The van der Waals surface area contributed by atoms with Crippen molar-refractivity contribution in [2.24, 2.45) is 0 Å². The van der Waals surface area contributed by atoms with E-state index in [9.17, 15) is 4.79 Å². The summed E-state index contributed by atoms with van der Waals surface area (Å²) in [6.07, 6.45) is 0. The first kappa shape index (κ1) is 8.66. The summed E-state index contributed by atoms with van der Waals surface area (Å²) in [6.45, 7) is 0. The van der Waals surface area contributed by atoms with Crippen LogP contribution in [-0.4, -0.2) is 4.37 Å². The SMILES string of the molecule is N#Cc1ccc(-c2nsc(=O)o2)cc1. The Labute approximate surface area is 83.2 Å². The molecule has 0 N–H and O–H groups in total.